The maximum Gasteiger partial charge on any atom is 0.262 e. The van der Waals surface area contributed by atoms with Crippen molar-refractivity contribution in [3.8, 4) is 6.07 Å². The number of benzene rings is 2. The molecule has 0 aromatic heterocycles. The molecule has 158 valence electrons. The first-order valence-electron chi connectivity index (χ1n) is 10.4. The van der Waals surface area contributed by atoms with Crippen LogP contribution >= 0.6 is 0 Å². The molecule has 7 nitrogen and oxygen atoms in total. The van der Waals surface area contributed by atoms with Gasteiger partial charge in [-0.1, -0.05) is 23.8 Å². The van der Waals surface area contributed by atoms with Gasteiger partial charge in [0.15, 0.2) is 0 Å². The Hall–Kier alpha value is -3.50. The highest BCUT2D eigenvalue weighted by atomic mass is 16.2. The van der Waals surface area contributed by atoms with Gasteiger partial charge in [0.1, 0.15) is 6.04 Å². The summed E-state index contributed by atoms with van der Waals surface area (Å²) in [5.74, 6) is -1.01. The van der Waals surface area contributed by atoms with E-state index >= 15 is 0 Å². The molecule has 2 aromatic carbocycles. The van der Waals surface area contributed by atoms with Crippen LogP contribution in [0, 0.1) is 18.3 Å². The molecule has 0 aliphatic carbocycles. The Kier molecular flexibility index (Phi) is 5.57. The maximum absolute atomic E-state index is 13.1. The molecular formula is C24H24N4O3. The number of nitriles is 1. The Morgan fingerprint density at radius 1 is 1.00 bits per heavy atom. The Labute approximate surface area is 181 Å². The van der Waals surface area contributed by atoms with Crippen molar-refractivity contribution in [1.29, 1.82) is 5.26 Å². The van der Waals surface area contributed by atoms with Crippen molar-refractivity contribution in [1.82, 2.24) is 14.7 Å². The summed E-state index contributed by atoms with van der Waals surface area (Å²) in [4.78, 5) is 43.7. The quantitative estimate of drug-likeness (QED) is 0.714. The maximum atomic E-state index is 13.1. The first-order chi connectivity index (χ1) is 14.9. The zero-order valence-electron chi connectivity index (χ0n) is 17.7. The fourth-order valence-electron chi connectivity index (χ4n) is 4.17. The minimum atomic E-state index is -0.835. The molecule has 2 aliphatic heterocycles. The SMILES string of the molecule is Cc1ccc2c(c1)C(=O)N(C(C)C(=O)N1CCN(Cc3ccc(C#N)cc3)CC1)C2=O. The number of nitrogens with zero attached hydrogens (tertiary/aromatic N) is 4. The third-order valence-electron chi connectivity index (χ3n) is 5.99. The van der Waals surface area contributed by atoms with Crippen LogP contribution in [0.25, 0.3) is 0 Å². The summed E-state index contributed by atoms with van der Waals surface area (Å²) in [6, 6.07) is 13.9. The van der Waals surface area contributed by atoms with E-state index in [0.717, 1.165) is 22.6 Å². The Bertz CT molecular complexity index is 1080. The van der Waals surface area contributed by atoms with Crippen LogP contribution < -0.4 is 0 Å². The van der Waals surface area contributed by atoms with Crippen LogP contribution in [-0.2, 0) is 11.3 Å². The Balaban J connectivity index is 1.37. The molecular weight excluding hydrogens is 392 g/mol. The number of carbonyl (C=O) groups is 3. The monoisotopic (exact) mass is 416 g/mol. The number of piperazine rings is 1. The molecule has 1 saturated heterocycles. The molecule has 1 unspecified atom stereocenters. The Morgan fingerprint density at radius 2 is 1.65 bits per heavy atom. The van der Waals surface area contributed by atoms with Crippen molar-refractivity contribution in [3.05, 3.63) is 70.3 Å². The van der Waals surface area contributed by atoms with Gasteiger partial charge in [-0.15, -0.1) is 0 Å². The molecule has 0 N–H and O–H groups in total. The lowest BCUT2D eigenvalue weighted by Crippen LogP contribution is -2.55. The highest BCUT2D eigenvalue weighted by Crippen LogP contribution is 2.26. The van der Waals surface area contributed by atoms with Crippen molar-refractivity contribution in [2.24, 2.45) is 0 Å². The minimum absolute atomic E-state index is 0.204. The van der Waals surface area contributed by atoms with Gasteiger partial charge in [-0.3, -0.25) is 24.2 Å². The van der Waals surface area contributed by atoms with E-state index in [1.165, 1.54) is 0 Å². The van der Waals surface area contributed by atoms with Gasteiger partial charge in [-0.25, -0.2) is 0 Å². The van der Waals surface area contributed by atoms with Gasteiger partial charge in [0.05, 0.1) is 22.8 Å². The Morgan fingerprint density at radius 3 is 2.29 bits per heavy atom. The molecule has 0 spiro atoms. The number of aryl methyl sites for hydroxylation is 1. The summed E-state index contributed by atoms with van der Waals surface area (Å²) in [6.07, 6.45) is 0. The van der Waals surface area contributed by atoms with Crippen molar-refractivity contribution in [3.63, 3.8) is 0 Å². The molecule has 31 heavy (non-hydrogen) atoms. The van der Waals surface area contributed by atoms with Gasteiger partial charge < -0.3 is 4.90 Å². The first-order valence-corrected chi connectivity index (χ1v) is 10.4. The zero-order valence-corrected chi connectivity index (χ0v) is 17.7. The lowest BCUT2D eigenvalue weighted by Gasteiger charge is -2.37. The van der Waals surface area contributed by atoms with E-state index in [1.807, 2.05) is 19.1 Å². The molecule has 0 radical (unpaired) electrons. The number of carbonyl (C=O) groups excluding carboxylic acids is 3. The van der Waals surface area contributed by atoms with E-state index in [2.05, 4.69) is 11.0 Å². The van der Waals surface area contributed by atoms with Crippen LogP contribution in [0.4, 0.5) is 0 Å². The van der Waals surface area contributed by atoms with Crippen LogP contribution in [0.3, 0.4) is 0 Å². The highest BCUT2D eigenvalue weighted by molar-refractivity contribution is 6.22. The van der Waals surface area contributed by atoms with Gasteiger partial charge in [-0.05, 0) is 43.7 Å². The van der Waals surface area contributed by atoms with Gasteiger partial charge in [0, 0.05) is 32.7 Å². The minimum Gasteiger partial charge on any atom is -0.338 e. The zero-order chi connectivity index (χ0) is 22.1. The smallest absolute Gasteiger partial charge is 0.262 e. The average molecular weight is 416 g/mol. The van der Waals surface area contributed by atoms with E-state index < -0.39 is 17.9 Å². The number of hydrogen-bond acceptors (Lipinski definition) is 5. The lowest BCUT2D eigenvalue weighted by atomic mass is 10.1. The molecule has 1 fully saturated rings. The average Bonchev–Trinajstić information content (AvgIpc) is 3.03. The van der Waals surface area contributed by atoms with Crippen LogP contribution in [0.2, 0.25) is 0 Å². The second-order valence-electron chi connectivity index (χ2n) is 8.12. The fraction of sp³-hybridized carbons (Fsp3) is 0.333. The van der Waals surface area contributed by atoms with Crippen molar-refractivity contribution < 1.29 is 14.4 Å². The van der Waals surface area contributed by atoms with Crippen LogP contribution in [0.15, 0.2) is 42.5 Å². The summed E-state index contributed by atoms with van der Waals surface area (Å²) in [5, 5.41) is 8.91. The third kappa shape index (κ3) is 3.94. The van der Waals surface area contributed by atoms with E-state index in [-0.39, 0.29) is 5.91 Å². The molecule has 2 aromatic rings. The van der Waals surface area contributed by atoms with Crippen molar-refractivity contribution in [2.45, 2.75) is 26.4 Å². The number of hydrogen-bond donors (Lipinski definition) is 0. The van der Waals surface area contributed by atoms with Gasteiger partial charge in [0.25, 0.3) is 11.8 Å². The number of imide groups is 1. The van der Waals surface area contributed by atoms with Crippen LogP contribution in [0.5, 0.6) is 0 Å². The number of amides is 3. The van der Waals surface area contributed by atoms with Crippen molar-refractivity contribution >= 4 is 17.7 Å². The molecule has 3 amide bonds. The predicted octanol–water partition coefficient (Wildman–Crippen LogP) is 2.20. The lowest BCUT2D eigenvalue weighted by molar-refractivity contribution is -0.136. The summed E-state index contributed by atoms with van der Waals surface area (Å²) < 4.78 is 0. The van der Waals surface area contributed by atoms with Gasteiger partial charge >= 0.3 is 0 Å². The summed E-state index contributed by atoms with van der Waals surface area (Å²) >= 11 is 0. The topological polar surface area (TPSA) is 84.7 Å². The van der Waals surface area contributed by atoms with Crippen LogP contribution in [0.1, 0.15) is 44.3 Å². The normalized spacial score (nSPS) is 17.5. The predicted molar refractivity (Wildman–Crippen MR) is 114 cm³/mol. The fourth-order valence-corrected chi connectivity index (χ4v) is 4.17. The number of fused-ring (bicyclic) bond motifs is 1. The first kappa shape index (κ1) is 20.8. The third-order valence-corrected chi connectivity index (χ3v) is 5.99. The van der Waals surface area contributed by atoms with E-state index in [9.17, 15) is 14.4 Å². The summed E-state index contributed by atoms with van der Waals surface area (Å²) in [7, 11) is 0. The standard InChI is InChI=1S/C24H24N4O3/c1-16-3-8-20-21(13-16)24(31)28(23(20)30)17(2)22(29)27-11-9-26(10-12-27)15-19-6-4-18(14-25)5-7-19/h3-8,13,17H,9-12,15H2,1-2H3. The van der Waals surface area contributed by atoms with E-state index in [1.54, 1.807) is 42.2 Å². The summed E-state index contributed by atoms with van der Waals surface area (Å²) in [5.41, 5.74) is 3.39. The largest absolute Gasteiger partial charge is 0.338 e. The van der Waals surface area contributed by atoms with Crippen LogP contribution in [-0.4, -0.2) is 64.6 Å². The van der Waals surface area contributed by atoms with Gasteiger partial charge in [0.2, 0.25) is 5.91 Å². The van der Waals surface area contributed by atoms with Crippen molar-refractivity contribution in [2.75, 3.05) is 26.2 Å². The second kappa shape index (κ2) is 8.32. The van der Waals surface area contributed by atoms with E-state index in [4.69, 9.17) is 5.26 Å². The molecule has 0 bridgehead atoms. The number of rotatable bonds is 4. The molecule has 1 atom stereocenters. The second-order valence-corrected chi connectivity index (χ2v) is 8.12. The molecule has 4 rings (SSSR count). The van der Waals surface area contributed by atoms with E-state index in [0.29, 0.717) is 42.9 Å². The molecule has 7 heteroatoms. The molecule has 2 aliphatic rings. The summed E-state index contributed by atoms with van der Waals surface area (Å²) in [6.45, 7) is 6.75. The van der Waals surface area contributed by atoms with Gasteiger partial charge in [-0.2, -0.15) is 5.26 Å². The molecule has 0 saturated carbocycles. The molecule has 2 heterocycles. The highest BCUT2D eigenvalue weighted by Gasteiger charge is 2.42.